The summed E-state index contributed by atoms with van der Waals surface area (Å²) in [4.78, 5) is 16.0. The number of hydrogen-bond donors (Lipinski definition) is 0. The summed E-state index contributed by atoms with van der Waals surface area (Å²) in [7, 11) is 0. The molecule has 0 aliphatic rings. The van der Waals surface area contributed by atoms with Gasteiger partial charge in [0.15, 0.2) is 0 Å². The van der Waals surface area contributed by atoms with Gasteiger partial charge in [-0.3, -0.25) is 0 Å². The molecule has 0 amide bonds. The predicted molar refractivity (Wildman–Crippen MR) is 65.2 cm³/mol. The van der Waals surface area contributed by atoms with Crippen LogP contribution in [0.25, 0.3) is 0 Å². The molecule has 0 unspecified atom stereocenters. The number of hydrogen-bond acceptors (Lipinski definition) is 4. The minimum atomic E-state index is 0.105. The van der Waals surface area contributed by atoms with Crippen LogP contribution < -0.4 is 0 Å². The van der Waals surface area contributed by atoms with Crippen LogP contribution in [0.2, 0.25) is 10.6 Å². The minimum Gasteiger partial charge on any atom is -0.335 e. The van der Waals surface area contributed by atoms with Crippen LogP contribution in [-0.2, 0) is 13.0 Å². The van der Waals surface area contributed by atoms with E-state index in [1.165, 1.54) is 0 Å². The zero-order chi connectivity index (χ0) is 12.3. The quantitative estimate of drug-likeness (QED) is 0.857. The van der Waals surface area contributed by atoms with E-state index < -0.39 is 0 Å². The van der Waals surface area contributed by atoms with Crippen molar-refractivity contribution in [1.29, 1.82) is 0 Å². The van der Waals surface area contributed by atoms with E-state index in [4.69, 9.17) is 23.2 Å². The van der Waals surface area contributed by atoms with Crippen LogP contribution in [0.3, 0.4) is 0 Å². The first-order valence-electron chi connectivity index (χ1n) is 5.25. The molecule has 0 atom stereocenters. The summed E-state index contributed by atoms with van der Waals surface area (Å²) in [5.41, 5.74) is 0. The summed E-state index contributed by atoms with van der Waals surface area (Å²) in [5.74, 6) is 1.42. The molecule has 0 aromatic carbocycles. The molecule has 0 aliphatic heterocycles. The first kappa shape index (κ1) is 12.3. The maximum absolute atomic E-state index is 5.72. The topological polar surface area (TPSA) is 56.5 Å². The molecule has 0 saturated heterocycles. The van der Waals surface area contributed by atoms with Gasteiger partial charge in [0.05, 0.1) is 6.42 Å². The first-order valence-corrected chi connectivity index (χ1v) is 6.00. The van der Waals surface area contributed by atoms with Crippen molar-refractivity contribution < 1.29 is 0 Å². The van der Waals surface area contributed by atoms with Crippen molar-refractivity contribution >= 4 is 23.2 Å². The molecule has 0 aliphatic carbocycles. The maximum Gasteiger partial charge on any atom is 0.226 e. The molecular weight excluding hydrogens is 261 g/mol. The van der Waals surface area contributed by atoms with Gasteiger partial charge in [-0.05, 0) is 29.6 Å². The van der Waals surface area contributed by atoms with E-state index in [1.54, 1.807) is 6.20 Å². The standard InChI is InChI=1S/C10H11Cl2N5/c1-2-4-17-5-3-13-8(17)6-7-14-9(11)16-10(12)15-7/h3,5H,2,4,6H2,1H3. The second-order valence-corrected chi connectivity index (χ2v) is 4.18. The SMILES string of the molecule is CCCn1ccnc1Cc1nc(Cl)nc(Cl)n1. The lowest BCUT2D eigenvalue weighted by Crippen LogP contribution is -2.06. The Labute approximate surface area is 109 Å². The number of imidazole rings is 1. The van der Waals surface area contributed by atoms with E-state index in [9.17, 15) is 0 Å². The van der Waals surface area contributed by atoms with Crippen LogP contribution in [0.4, 0.5) is 0 Å². The predicted octanol–water partition coefficient (Wildman–Crippen LogP) is 2.38. The highest BCUT2D eigenvalue weighted by molar-refractivity contribution is 6.30. The molecule has 0 saturated carbocycles. The third-order valence-corrected chi connectivity index (χ3v) is 2.55. The molecular formula is C10H11Cl2N5. The number of rotatable bonds is 4. The Morgan fingerprint density at radius 3 is 2.53 bits per heavy atom. The monoisotopic (exact) mass is 271 g/mol. The number of aromatic nitrogens is 5. The van der Waals surface area contributed by atoms with Crippen LogP contribution in [0.15, 0.2) is 12.4 Å². The zero-order valence-corrected chi connectivity index (χ0v) is 10.8. The fourth-order valence-electron chi connectivity index (χ4n) is 1.54. The van der Waals surface area contributed by atoms with Gasteiger partial charge in [0, 0.05) is 18.9 Å². The van der Waals surface area contributed by atoms with Gasteiger partial charge in [-0.25, -0.2) is 15.0 Å². The van der Waals surface area contributed by atoms with E-state index in [0.29, 0.717) is 12.2 Å². The van der Waals surface area contributed by atoms with Gasteiger partial charge in [-0.15, -0.1) is 0 Å². The van der Waals surface area contributed by atoms with E-state index in [1.807, 2.05) is 6.20 Å². The molecule has 5 nitrogen and oxygen atoms in total. The molecule has 2 heterocycles. The second-order valence-electron chi connectivity index (χ2n) is 3.50. The molecule has 0 spiro atoms. The smallest absolute Gasteiger partial charge is 0.226 e. The molecule has 7 heteroatoms. The van der Waals surface area contributed by atoms with Gasteiger partial charge in [-0.1, -0.05) is 6.92 Å². The Kier molecular flexibility index (Phi) is 3.91. The summed E-state index contributed by atoms with van der Waals surface area (Å²) < 4.78 is 2.06. The highest BCUT2D eigenvalue weighted by Gasteiger charge is 2.08. The molecule has 0 N–H and O–H groups in total. The maximum atomic E-state index is 5.72. The number of aryl methyl sites for hydroxylation is 1. The lowest BCUT2D eigenvalue weighted by Gasteiger charge is -2.05. The van der Waals surface area contributed by atoms with Crippen LogP contribution in [0, 0.1) is 0 Å². The van der Waals surface area contributed by atoms with Crippen molar-refractivity contribution in [2.24, 2.45) is 0 Å². The highest BCUT2D eigenvalue weighted by Crippen LogP contribution is 2.10. The average molecular weight is 272 g/mol. The fraction of sp³-hybridized carbons (Fsp3) is 0.400. The number of halogens is 2. The Morgan fingerprint density at radius 1 is 1.18 bits per heavy atom. The zero-order valence-electron chi connectivity index (χ0n) is 9.27. The normalized spacial score (nSPS) is 10.8. The minimum absolute atomic E-state index is 0.105. The van der Waals surface area contributed by atoms with Crippen LogP contribution in [0.5, 0.6) is 0 Å². The molecule has 90 valence electrons. The van der Waals surface area contributed by atoms with E-state index >= 15 is 0 Å². The van der Waals surface area contributed by atoms with E-state index in [2.05, 4.69) is 31.4 Å². The van der Waals surface area contributed by atoms with Crippen molar-refractivity contribution in [3.8, 4) is 0 Å². The van der Waals surface area contributed by atoms with Crippen molar-refractivity contribution in [1.82, 2.24) is 24.5 Å². The second kappa shape index (κ2) is 5.42. The van der Waals surface area contributed by atoms with Gasteiger partial charge < -0.3 is 4.57 Å². The lowest BCUT2D eigenvalue weighted by atomic mass is 10.3. The first-order chi connectivity index (χ1) is 8.19. The molecule has 2 rings (SSSR count). The molecule has 0 fully saturated rings. The third-order valence-electron chi connectivity index (χ3n) is 2.21. The molecule has 2 aromatic heterocycles. The van der Waals surface area contributed by atoms with Crippen molar-refractivity contribution in [2.45, 2.75) is 26.3 Å². The van der Waals surface area contributed by atoms with Gasteiger partial charge in [-0.2, -0.15) is 4.98 Å². The summed E-state index contributed by atoms with van der Waals surface area (Å²) >= 11 is 11.4. The van der Waals surface area contributed by atoms with Gasteiger partial charge in [0.2, 0.25) is 10.6 Å². The number of nitrogens with zero attached hydrogens (tertiary/aromatic N) is 5. The third kappa shape index (κ3) is 3.14. The lowest BCUT2D eigenvalue weighted by molar-refractivity contribution is 0.641. The Morgan fingerprint density at radius 2 is 1.88 bits per heavy atom. The molecule has 17 heavy (non-hydrogen) atoms. The summed E-state index contributed by atoms with van der Waals surface area (Å²) in [5, 5.41) is 0.210. The largest absolute Gasteiger partial charge is 0.335 e. The Balaban J connectivity index is 2.22. The molecule has 0 bridgehead atoms. The van der Waals surface area contributed by atoms with Crippen LogP contribution in [-0.4, -0.2) is 24.5 Å². The summed E-state index contributed by atoms with van der Waals surface area (Å²) in [6, 6.07) is 0. The van der Waals surface area contributed by atoms with Crippen LogP contribution >= 0.6 is 23.2 Å². The Hall–Kier alpha value is -1.20. The van der Waals surface area contributed by atoms with Crippen molar-refractivity contribution in [2.75, 3.05) is 0 Å². The summed E-state index contributed by atoms with van der Waals surface area (Å²) in [6.07, 6.45) is 5.23. The Bertz CT molecular complexity index is 491. The fourth-order valence-corrected chi connectivity index (χ4v) is 1.93. The van der Waals surface area contributed by atoms with Gasteiger partial charge in [0.25, 0.3) is 0 Å². The van der Waals surface area contributed by atoms with Crippen LogP contribution in [0.1, 0.15) is 25.0 Å². The summed E-state index contributed by atoms with van der Waals surface area (Å²) in [6.45, 7) is 3.03. The van der Waals surface area contributed by atoms with E-state index in [0.717, 1.165) is 18.8 Å². The van der Waals surface area contributed by atoms with Gasteiger partial charge in [0.1, 0.15) is 11.6 Å². The van der Waals surface area contributed by atoms with Crippen molar-refractivity contribution in [3.05, 3.63) is 34.6 Å². The molecule has 2 aromatic rings. The van der Waals surface area contributed by atoms with Crippen molar-refractivity contribution in [3.63, 3.8) is 0 Å². The van der Waals surface area contributed by atoms with Gasteiger partial charge >= 0.3 is 0 Å². The molecule has 0 radical (unpaired) electrons. The highest BCUT2D eigenvalue weighted by atomic mass is 35.5. The van der Waals surface area contributed by atoms with E-state index in [-0.39, 0.29) is 10.6 Å². The average Bonchev–Trinajstić information content (AvgIpc) is 2.65.